The van der Waals surface area contributed by atoms with Crippen LogP contribution in [0.15, 0.2) is 0 Å². The molecule has 6 heavy (non-hydrogen) atoms. The standard InChI is InChI=1S/Cu.K.Mg.Mo.H2P.Zn.3H/h;;;;1H2;;;;/q;;;+1;-1;;;;. The quantitative estimate of drug-likeness (QED) is 0.386. The molecule has 0 aliphatic carbocycles. The van der Waals surface area contributed by atoms with Crippen LogP contribution in [0.25, 0.3) is 0 Å². The molecule has 0 heterocycles. The van der Waals surface area contributed by atoms with Crippen molar-refractivity contribution in [1.29, 1.82) is 0 Å². The summed E-state index contributed by atoms with van der Waals surface area (Å²) in [7, 11) is 2.43. The number of rotatable bonds is 0. The van der Waals surface area contributed by atoms with Gasteiger partial charge in [-0.1, -0.05) is 0 Å². The van der Waals surface area contributed by atoms with Crippen LogP contribution in [0.1, 0.15) is 0 Å². The van der Waals surface area contributed by atoms with Crippen molar-refractivity contribution in [3.05, 3.63) is 0 Å². The Morgan fingerprint density at radius 3 is 1.17 bits per heavy atom. The molecule has 0 aliphatic rings. The third kappa shape index (κ3) is 23.4. The zero-order valence-corrected chi connectivity index (χ0v) is 9.06. The van der Waals surface area contributed by atoms with E-state index in [1.165, 1.54) is 0 Å². The fourth-order valence-electron chi connectivity index (χ4n) is 0. The van der Waals surface area contributed by atoms with E-state index in [2.05, 4.69) is 7.33 Å². The van der Waals surface area contributed by atoms with Gasteiger partial charge in [0, 0.05) is 36.5 Å². The van der Waals surface area contributed by atoms with Crippen molar-refractivity contribution in [3.8, 4) is 0 Å². The van der Waals surface area contributed by atoms with E-state index < -0.39 is 0 Å². The molecule has 0 aromatic rings. The van der Waals surface area contributed by atoms with Gasteiger partial charge in [-0.15, -0.1) is 0 Å². The van der Waals surface area contributed by atoms with Gasteiger partial charge in [-0.05, 0) is 0 Å². The van der Waals surface area contributed by atoms with Gasteiger partial charge < -0.3 is 0 Å². The summed E-state index contributed by atoms with van der Waals surface area (Å²) in [6.45, 7) is 0. The Morgan fingerprint density at radius 1 is 1.17 bits per heavy atom. The van der Waals surface area contributed by atoms with Crippen LogP contribution in [0, 0.1) is 0 Å². The van der Waals surface area contributed by atoms with E-state index in [0.717, 1.165) is 0 Å². The molecule has 0 nitrogen and oxygen atoms in total. The van der Waals surface area contributed by atoms with E-state index in [9.17, 15) is 0 Å². The van der Waals surface area contributed by atoms with E-state index in [1.54, 1.807) is 0 Å². The zero-order valence-electron chi connectivity index (χ0n) is 1.99. The maximum absolute atomic E-state index is 2.43. The van der Waals surface area contributed by atoms with Gasteiger partial charge in [0.25, 0.3) is 0 Å². The van der Waals surface area contributed by atoms with E-state index in [1.807, 2.05) is 19.3 Å². The summed E-state index contributed by atoms with van der Waals surface area (Å²) >= 11 is 1.87. The van der Waals surface area contributed by atoms with Gasteiger partial charge in [-0.2, -0.15) is 0 Å². The topological polar surface area (TPSA) is 0 Å². The Kier molecular flexibility index (Phi) is 173. The Balaban J connectivity index is -0.000000000833. The zero-order chi connectivity index (χ0) is 2.00. The minimum absolute atomic E-state index is 0. The average molecular weight is 324 g/mol. The molecule has 0 aliphatic heterocycles. The van der Waals surface area contributed by atoms with Crippen LogP contribution in [-0.2, 0) is 55.9 Å². The number of hydrogen-bond donors (Lipinski definition) is 0. The molecule has 0 aromatic carbocycles. The first kappa shape index (κ1) is 31.0. The summed E-state index contributed by atoms with van der Waals surface area (Å²) in [6, 6.07) is 0. The second kappa shape index (κ2) is 33.3. The molecule has 0 amide bonds. The Bertz CT molecular complexity index is 15.5. The predicted octanol–water partition coefficient (Wildman–Crippen LogP) is -1.25. The fraction of sp³-hybridized carbons (Fsp3) is 0. The maximum Gasteiger partial charge on any atom is 0 e. The molecule has 0 saturated heterocycles. The molecule has 6 heteroatoms. The first-order chi connectivity index (χ1) is 1.00. The van der Waals surface area contributed by atoms with Crippen molar-refractivity contribution < 1.29 is 55.9 Å². The Morgan fingerprint density at radius 2 is 1.17 bits per heavy atom. The third-order valence-electron chi connectivity index (χ3n) is 0. The summed E-state index contributed by atoms with van der Waals surface area (Å²) in [5.41, 5.74) is 0. The largest absolute Gasteiger partial charge is 0 e. The van der Waals surface area contributed by atoms with Crippen LogP contribution in [0.3, 0.4) is 0 Å². The monoisotopic (exact) mass is 324 g/mol. The van der Waals surface area contributed by atoms with Gasteiger partial charge in [0.2, 0.25) is 0 Å². The molecular weight excluding hydrogens is 319 g/mol. The Labute approximate surface area is 134 Å². The van der Waals surface area contributed by atoms with Gasteiger partial charge in [-0.3, -0.25) is 0 Å². The van der Waals surface area contributed by atoms with E-state index >= 15 is 0 Å². The minimum atomic E-state index is 0. The number of hydrogen-bond acceptors (Lipinski definition) is 0. The smallest absolute Gasteiger partial charge is 0 e. The van der Waals surface area contributed by atoms with Crippen molar-refractivity contribution in [2.45, 2.75) is 0 Å². The third-order valence-corrected chi connectivity index (χ3v) is 0. The normalized spacial score (nSPS) is 0.833. The van der Waals surface area contributed by atoms with Crippen LogP contribution in [-0.4, -0.2) is 74.4 Å². The first-order valence-electron chi connectivity index (χ1n) is 0.236. The van der Waals surface area contributed by atoms with E-state index in [4.69, 9.17) is 0 Å². The molecule has 0 rings (SSSR count). The molecule has 1 radical (unpaired) electrons. The molecule has 0 aromatic heterocycles. The predicted molar refractivity (Wildman–Crippen MR) is 25.4 cm³/mol. The molecule has 0 spiro atoms. The molecular formula is H5CuKMgMoPZn. The van der Waals surface area contributed by atoms with Gasteiger partial charge in [-0.25, -0.2) is 0 Å². The van der Waals surface area contributed by atoms with Crippen LogP contribution < -0.4 is 0 Å². The van der Waals surface area contributed by atoms with Gasteiger partial charge in [0.05, 0.1) is 0 Å². The second-order valence-electron chi connectivity index (χ2n) is 0. The summed E-state index contributed by atoms with van der Waals surface area (Å²) in [5.74, 6) is 0. The maximum atomic E-state index is 2.43. The van der Waals surface area contributed by atoms with Crippen molar-refractivity contribution in [3.63, 3.8) is 0 Å². The van der Waals surface area contributed by atoms with Crippen LogP contribution in [0.5, 0.6) is 0 Å². The van der Waals surface area contributed by atoms with Crippen LogP contribution in [0.2, 0.25) is 0 Å². The second-order valence-corrected chi connectivity index (χ2v) is 0. The van der Waals surface area contributed by atoms with Gasteiger partial charge in [0.15, 0.2) is 0 Å². The molecule has 0 fully saturated rings. The minimum Gasteiger partial charge on any atom is 0 e. The fourth-order valence-corrected chi connectivity index (χ4v) is 0. The van der Waals surface area contributed by atoms with Crippen molar-refractivity contribution >= 4 is 81.8 Å². The first-order valence-corrected chi connectivity index (χ1v) is 4.18. The Hall–Kier alpha value is 4.66. The summed E-state index contributed by atoms with van der Waals surface area (Å²) in [6.07, 6.45) is 0. The average Bonchev–Trinajstić information content (AvgIpc) is 1.00. The summed E-state index contributed by atoms with van der Waals surface area (Å²) < 4.78 is 0. The van der Waals surface area contributed by atoms with Crippen molar-refractivity contribution in [2.24, 2.45) is 0 Å². The van der Waals surface area contributed by atoms with E-state index in [0.29, 0.717) is 0 Å². The van der Waals surface area contributed by atoms with Crippen LogP contribution in [0.4, 0.5) is 0 Å². The molecule has 0 bridgehead atoms. The molecule has 1 unspecified atom stereocenters. The molecule has 32 valence electrons. The SMILES string of the molecule is [Cu].[KH].[MgH2].[PH2][Mo].[Zn]. The van der Waals surface area contributed by atoms with Gasteiger partial charge in [0.1, 0.15) is 0 Å². The van der Waals surface area contributed by atoms with Crippen LogP contribution >= 0.6 is 7.33 Å². The van der Waals surface area contributed by atoms with Crippen molar-refractivity contribution in [2.75, 3.05) is 0 Å². The summed E-state index contributed by atoms with van der Waals surface area (Å²) in [4.78, 5) is 0. The summed E-state index contributed by atoms with van der Waals surface area (Å²) in [5, 5.41) is 0. The van der Waals surface area contributed by atoms with Gasteiger partial charge >= 0.3 is 101 Å². The van der Waals surface area contributed by atoms with E-state index in [-0.39, 0.29) is 111 Å². The van der Waals surface area contributed by atoms with Crippen molar-refractivity contribution in [1.82, 2.24) is 0 Å². The molecule has 0 N–H and O–H groups in total. The molecule has 0 saturated carbocycles. The molecule has 1 atom stereocenters.